The summed E-state index contributed by atoms with van der Waals surface area (Å²) in [5.74, 6) is 0. The van der Waals surface area contributed by atoms with Crippen LogP contribution in [0, 0.1) is 19.0 Å². The fourth-order valence-electron chi connectivity index (χ4n) is 3.68. The van der Waals surface area contributed by atoms with Crippen LogP contribution < -0.4 is 26.5 Å². The largest absolute Gasteiger partial charge is 0.577 e. The molecule has 2 nitrogen and oxygen atoms in total. The van der Waals surface area contributed by atoms with Crippen molar-refractivity contribution >= 4 is 42.4 Å². The Morgan fingerprint density at radius 3 is 0.919 bits per heavy atom. The van der Waals surface area contributed by atoms with Crippen LogP contribution in [0.15, 0.2) is 152 Å². The number of nitrogens with zero attached hydrogens (tertiary/aromatic N) is 1. The smallest absolute Gasteiger partial charge is 0.102 e. The molecule has 37 heavy (non-hydrogen) atoms. The molecule has 0 bridgehead atoms. The van der Waals surface area contributed by atoms with E-state index < -0.39 is 15.8 Å². The van der Waals surface area contributed by atoms with E-state index in [1.807, 2.05) is 12.1 Å². The molecular weight excluding hydrogens is 663 g/mol. The zero-order valence-corrected chi connectivity index (χ0v) is 25.4. The Labute approximate surface area is 238 Å². The Balaban J connectivity index is 0.000000342. The van der Waals surface area contributed by atoms with Crippen molar-refractivity contribution in [2.45, 2.75) is 0 Å². The van der Waals surface area contributed by atoms with Gasteiger partial charge in [0, 0.05) is 20.4 Å². The van der Waals surface area contributed by atoms with Crippen LogP contribution in [0.3, 0.4) is 0 Å². The molecule has 0 saturated heterocycles. The Bertz CT molecular complexity index is 1100. The molecule has 0 spiro atoms. The van der Waals surface area contributed by atoms with Gasteiger partial charge in [0.05, 0.1) is 7.92 Å². The van der Waals surface area contributed by atoms with Gasteiger partial charge in [-0.25, -0.2) is 7.92 Å². The van der Waals surface area contributed by atoms with Crippen molar-refractivity contribution in [3.05, 3.63) is 176 Å². The molecule has 1 radical (unpaired) electrons. The number of hydrogen-bond acceptors (Lipinski definition) is 1. The first kappa shape index (κ1) is 32.3. The second-order valence-electron chi connectivity index (χ2n) is 7.57. The molecule has 0 heterocycles. The van der Waals surface area contributed by atoms with Crippen molar-refractivity contribution < 1.29 is 20.4 Å². The van der Waals surface area contributed by atoms with E-state index in [1.165, 1.54) is 26.5 Å². The van der Waals surface area contributed by atoms with Gasteiger partial charge in [-0.1, -0.05) is 126 Å². The average Bonchev–Trinajstić information content (AvgIpc) is 2.97. The molecule has 5 heteroatoms. The summed E-state index contributed by atoms with van der Waals surface area (Å²) in [5, 5.41) is 6.96. The van der Waals surface area contributed by atoms with E-state index in [0.29, 0.717) is 0 Å². The summed E-state index contributed by atoms with van der Waals surface area (Å²) in [7, 11) is -1.30. The first-order chi connectivity index (χ1) is 17.3. The van der Waals surface area contributed by atoms with Crippen LogP contribution in [0.4, 0.5) is 0 Å². The van der Waals surface area contributed by atoms with Crippen LogP contribution in [0.2, 0.25) is 0 Å². The maximum absolute atomic E-state index is 7.25. The molecule has 0 aromatic heterocycles. The summed E-state index contributed by atoms with van der Waals surface area (Å²) in [6.07, 6.45) is 0. The molecule has 5 aromatic carbocycles. The number of rotatable bonds is 5. The monoisotopic (exact) mass is 694 g/mol. The molecule has 0 atom stereocenters. The minimum atomic E-state index is -0.877. The quantitative estimate of drug-likeness (QED) is 0.147. The number of hydrogen-bond donors (Lipinski definition) is 0. The van der Waals surface area contributed by atoms with Crippen LogP contribution >= 0.6 is 15.8 Å². The second-order valence-corrected chi connectivity index (χ2v) is 11.9. The van der Waals surface area contributed by atoms with Crippen LogP contribution in [0.25, 0.3) is 5.59 Å². The van der Waals surface area contributed by atoms with Gasteiger partial charge in [-0.15, -0.1) is 0 Å². The fourth-order valence-corrected chi connectivity index (χ4v) is 7.62. The van der Waals surface area contributed by atoms with Gasteiger partial charge in [0.15, 0.2) is 0 Å². The van der Waals surface area contributed by atoms with Gasteiger partial charge < -0.3 is 24.6 Å². The molecule has 0 unspecified atom stereocenters. The van der Waals surface area contributed by atoms with E-state index in [-0.39, 0.29) is 27.8 Å². The normalized spacial score (nSPS) is 9.49. The van der Waals surface area contributed by atoms with Gasteiger partial charge in [-0.2, -0.15) is 0 Å². The third kappa shape index (κ3) is 9.89. The number of benzene rings is 5. The maximum Gasteiger partial charge on any atom is 0.102 e. The van der Waals surface area contributed by atoms with Crippen molar-refractivity contribution in [2.75, 3.05) is 0 Å². The van der Waals surface area contributed by atoms with Gasteiger partial charge >= 0.3 is 0 Å². The van der Waals surface area contributed by atoms with Crippen molar-refractivity contribution in [1.29, 1.82) is 0 Å². The molecule has 0 aliphatic carbocycles. The molecular formula is C32H31NOP2Re-2. The van der Waals surface area contributed by atoms with E-state index >= 15 is 0 Å². The zero-order chi connectivity index (χ0) is 24.7. The van der Waals surface area contributed by atoms with Crippen LogP contribution in [0.5, 0.6) is 0 Å². The van der Waals surface area contributed by atoms with Crippen molar-refractivity contribution in [3.63, 3.8) is 0 Å². The van der Waals surface area contributed by atoms with Gasteiger partial charge in [0.25, 0.3) is 0 Å². The zero-order valence-electron chi connectivity index (χ0n) is 20.8. The summed E-state index contributed by atoms with van der Waals surface area (Å²) in [4.78, 5) is 7.25. The van der Waals surface area contributed by atoms with Crippen LogP contribution in [-0.4, -0.2) is 0 Å². The molecule has 0 fully saturated rings. The van der Waals surface area contributed by atoms with Crippen molar-refractivity contribution in [3.8, 4) is 0 Å². The Morgan fingerprint density at radius 1 is 0.459 bits per heavy atom. The van der Waals surface area contributed by atoms with Gasteiger partial charge in [0.1, 0.15) is 15.9 Å². The predicted molar refractivity (Wildman–Crippen MR) is 164 cm³/mol. The third-order valence-corrected chi connectivity index (χ3v) is 9.90. The fraction of sp³-hybridized carbons (Fsp3) is 0. The van der Waals surface area contributed by atoms with E-state index in [4.69, 9.17) is 10.5 Å². The van der Waals surface area contributed by atoms with Gasteiger partial charge in [-0.3, -0.25) is 0 Å². The molecule has 189 valence electrons. The second kappa shape index (κ2) is 18.5. The maximum atomic E-state index is 7.25. The van der Waals surface area contributed by atoms with E-state index in [2.05, 4.69) is 146 Å². The first-order valence-corrected chi connectivity index (χ1v) is 14.3. The minimum absolute atomic E-state index is 0. The van der Waals surface area contributed by atoms with Crippen molar-refractivity contribution in [1.82, 2.24) is 0 Å². The van der Waals surface area contributed by atoms with Gasteiger partial charge in [0.2, 0.25) is 0 Å². The van der Waals surface area contributed by atoms with E-state index in [9.17, 15) is 0 Å². The standard InChI is InChI=1S/C18H15P.C13H12P.CH3.NO.Re/c1-4-10-16(11-5-1)19(17-12-6-2-7-13-17)18-14-8-3-9-15-18;1-14(12-8-4-2-5-9-12)13-10-6-3-7-11-13;;1-2;/h1-15H;2-11H,1H2;1H3;;/q;3*-1;/p+1. The molecule has 0 aliphatic rings. The minimum Gasteiger partial charge on any atom is -0.577 e. The average molecular weight is 694 g/mol. The summed E-state index contributed by atoms with van der Waals surface area (Å²) >= 11 is 0. The number of nitroso groups, excluding NO2 is 1. The summed E-state index contributed by atoms with van der Waals surface area (Å²) in [5.41, 5.74) is 5.75. The Kier molecular flexibility index (Phi) is 16.1. The van der Waals surface area contributed by atoms with Gasteiger partial charge in [-0.05, 0) is 36.4 Å². The Hall–Kier alpha value is -2.78. The third-order valence-electron chi connectivity index (χ3n) is 5.32. The topological polar surface area (TPSA) is 39.4 Å². The Morgan fingerprint density at radius 2 is 0.676 bits per heavy atom. The molecule has 0 N–H and O–H groups in total. The molecule has 0 aliphatic heterocycles. The molecule has 5 aromatic rings. The predicted octanol–water partition coefficient (Wildman–Crippen LogP) is 6.86. The SMILES string of the molecule is [CH2-]P(c1ccccc1)c1ccccc1.[CH3-].[N-]=O.[Re].c1ccc([PH+](c2ccccc2)c2ccccc2)cc1. The molecule has 5 rings (SSSR count). The van der Waals surface area contributed by atoms with Crippen LogP contribution in [0.1, 0.15) is 0 Å². The first-order valence-electron chi connectivity index (χ1n) is 11.2. The summed E-state index contributed by atoms with van der Waals surface area (Å²) in [6.45, 7) is 4.24. The van der Waals surface area contributed by atoms with E-state index in [0.717, 1.165) is 0 Å². The molecule has 0 amide bonds. The van der Waals surface area contributed by atoms with Crippen LogP contribution in [-0.2, 0) is 20.4 Å². The summed E-state index contributed by atoms with van der Waals surface area (Å²) in [6, 6.07) is 53.4. The van der Waals surface area contributed by atoms with E-state index in [1.54, 1.807) is 0 Å². The van der Waals surface area contributed by atoms with Crippen molar-refractivity contribution in [2.24, 2.45) is 0 Å². The molecule has 0 saturated carbocycles. The summed E-state index contributed by atoms with van der Waals surface area (Å²) < 4.78 is 0.